The molecular weight excluding hydrogens is 426 g/mol. The van der Waals surface area contributed by atoms with Crippen LogP contribution < -0.4 is 15.5 Å². The molecule has 2 N–H and O–H groups in total. The first kappa shape index (κ1) is 23.0. The first-order valence-corrected chi connectivity index (χ1v) is 10.4. The van der Waals surface area contributed by atoms with Crippen molar-refractivity contribution in [1.82, 2.24) is 5.43 Å². The van der Waals surface area contributed by atoms with Gasteiger partial charge in [-0.3, -0.25) is 9.59 Å². The van der Waals surface area contributed by atoms with Gasteiger partial charge < -0.3 is 10.1 Å². The number of halogens is 1. The lowest BCUT2D eigenvalue weighted by Crippen LogP contribution is -2.20. The molecule has 32 heavy (non-hydrogen) atoms. The van der Waals surface area contributed by atoms with E-state index < -0.39 is 0 Å². The van der Waals surface area contributed by atoms with Gasteiger partial charge in [0.05, 0.1) is 11.2 Å². The molecule has 0 saturated heterocycles. The molecule has 0 saturated carbocycles. The molecule has 0 atom stereocenters. The Morgan fingerprint density at radius 2 is 1.69 bits per heavy atom. The molecule has 7 heteroatoms. The van der Waals surface area contributed by atoms with Gasteiger partial charge in [0, 0.05) is 11.3 Å². The van der Waals surface area contributed by atoms with Crippen molar-refractivity contribution in [1.29, 1.82) is 0 Å². The fourth-order valence-corrected chi connectivity index (χ4v) is 3.09. The molecule has 0 unspecified atom stereocenters. The summed E-state index contributed by atoms with van der Waals surface area (Å²) in [7, 11) is 0. The molecule has 0 bridgehead atoms. The topological polar surface area (TPSA) is 79.8 Å². The summed E-state index contributed by atoms with van der Waals surface area (Å²) in [4.78, 5) is 24.3. The van der Waals surface area contributed by atoms with Gasteiger partial charge in [-0.15, -0.1) is 0 Å². The predicted molar refractivity (Wildman–Crippen MR) is 128 cm³/mol. The van der Waals surface area contributed by atoms with Crippen molar-refractivity contribution in [2.24, 2.45) is 5.10 Å². The van der Waals surface area contributed by atoms with Gasteiger partial charge in [-0.05, 0) is 73.9 Å². The Morgan fingerprint density at radius 3 is 2.41 bits per heavy atom. The number of anilines is 1. The summed E-state index contributed by atoms with van der Waals surface area (Å²) in [6, 6.07) is 18.1. The second-order valence-corrected chi connectivity index (χ2v) is 7.82. The Bertz CT molecular complexity index is 1160. The van der Waals surface area contributed by atoms with Gasteiger partial charge in [0.25, 0.3) is 11.8 Å². The van der Waals surface area contributed by atoms with E-state index in [-0.39, 0.29) is 18.4 Å². The van der Waals surface area contributed by atoms with Crippen LogP contribution >= 0.6 is 11.6 Å². The number of aryl methyl sites for hydroxylation is 3. The minimum atomic E-state index is -0.304. The molecule has 0 heterocycles. The number of carbonyl (C=O) groups is 2. The third kappa shape index (κ3) is 6.43. The predicted octanol–water partition coefficient (Wildman–Crippen LogP) is 5.05. The number of hydrogen-bond donors (Lipinski definition) is 2. The quantitative estimate of drug-likeness (QED) is 0.391. The van der Waals surface area contributed by atoms with Crippen LogP contribution in [0.4, 0.5) is 5.69 Å². The number of carbonyl (C=O) groups excluding carboxylic acids is 2. The van der Waals surface area contributed by atoms with E-state index >= 15 is 0 Å². The number of rotatable bonds is 7. The minimum absolute atomic E-state index is 0.173. The average molecular weight is 450 g/mol. The summed E-state index contributed by atoms with van der Waals surface area (Å²) < 4.78 is 5.55. The smallest absolute Gasteiger partial charge is 0.271 e. The number of hydrogen-bond acceptors (Lipinski definition) is 4. The van der Waals surface area contributed by atoms with E-state index in [9.17, 15) is 9.59 Å². The average Bonchev–Trinajstić information content (AvgIpc) is 2.76. The minimum Gasteiger partial charge on any atom is -0.482 e. The van der Waals surface area contributed by atoms with Crippen LogP contribution in [0.2, 0.25) is 5.02 Å². The molecule has 164 valence electrons. The van der Waals surface area contributed by atoms with Crippen molar-refractivity contribution in [2.75, 3.05) is 11.9 Å². The van der Waals surface area contributed by atoms with Crippen LogP contribution in [0.25, 0.3) is 0 Å². The van der Waals surface area contributed by atoms with Gasteiger partial charge in [-0.2, -0.15) is 5.10 Å². The molecule has 0 aliphatic heterocycles. The van der Waals surface area contributed by atoms with E-state index in [1.54, 1.807) is 30.3 Å². The van der Waals surface area contributed by atoms with Gasteiger partial charge in [-0.1, -0.05) is 41.4 Å². The molecule has 6 nitrogen and oxygen atoms in total. The number of nitrogens with zero attached hydrogens (tertiary/aromatic N) is 1. The second kappa shape index (κ2) is 10.6. The van der Waals surface area contributed by atoms with Crippen LogP contribution in [0.5, 0.6) is 5.75 Å². The summed E-state index contributed by atoms with van der Waals surface area (Å²) >= 11 is 6.27. The lowest BCUT2D eigenvalue weighted by atomic mass is 10.1. The monoisotopic (exact) mass is 449 g/mol. The lowest BCUT2D eigenvalue weighted by molar-refractivity contribution is -0.118. The number of ether oxygens (including phenoxy) is 1. The Kier molecular flexibility index (Phi) is 7.63. The van der Waals surface area contributed by atoms with Gasteiger partial charge in [0.2, 0.25) is 0 Å². The van der Waals surface area contributed by atoms with E-state index in [4.69, 9.17) is 16.3 Å². The van der Waals surface area contributed by atoms with Crippen molar-refractivity contribution in [3.63, 3.8) is 0 Å². The van der Waals surface area contributed by atoms with Crippen molar-refractivity contribution in [3.8, 4) is 5.75 Å². The van der Waals surface area contributed by atoms with Gasteiger partial charge in [-0.25, -0.2) is 5.43 Å². The molecule has 0 aliphatic rings. The fraction of sp³-hybridized carbons (Fsp3) is 0.160. The summed E-state index contributed by atoms with van der Waals surface area (Å²) in [5.41, 5.74) is 7.53. The number of hydrazone groups is 1. The maximum absolute atomic E-state index is 12.2. The SMILES string of the molecule is Cc1ccc(C(=O)NN=Cc2ccc(OCC(=O)Nc3cc(C)ccc3C)c(Cl)c2)cc1. The third-order valence-corrected chi connectivity index (χ3v) is 4.97. The third-order valence-electron chi connectivity index (χ3n) is 4.68. The lowest BCUT2D eigenvalue weighted by Gasteiger charge is -2.11. The molecule has 2 amide bonds. The molecular formula is C25H24ClN3O3. The molecule has 0 aliphatic carbocycles. The Labute approximate surface area is 192 Å². The van der Waals surface area contributed by atoms with Crippen molar-refractivity contribution in [2.45, 2.75) is 20.8 Å². The number of benzene rings is 3. The normalized spacial score (nSPS) is 10.8. The first-order chi connectivity index (χ1) is 15.3. The zero-order valence-corrected chi connectivity index (χ0v) is 18.9. The van der Waals surface area contributed by atoms with Crippen LogP contribution in [0, 0.1) is 20.8 Å². The molecule has 0 radical (unpaired) electrons. The van der Waals surface area contributed by atoms with Gasteiger partial charge >= 0.3 is 0 Å². The van der Waals surface area contributed by atoms with E-state index in [1.807, 2.05) is 51.1 Å². The van der Waals surface area contributed by atoms with Crippen LogP contribution in [-0.4, -0.2) is 24.6 Å². The second-order valence-electron chi connectivity index (χ2n) is 7.41. The van der Waals surface area contributed by atoms with Gasteiger partial charge in [0.1, 0.15) is 5.75 Å². The molecule has 3 aromatic rings. The summed E-state index contributed by atoms with van der Waals surface area (Å²) in [6.45, 7) is 5.67. The van der Waals surface area contributed by atoms with Crippen molar-refractivity contribution in [3.05, 3.63) is 93.5 Å². The maximum Gasteiger partial charge on any atom is 0.271 e. The highest BCUT2D eigenvalue weighted by Gasteiger charge is 2.09. The van der Waals surface area contributed by atoms with Crippen molar-refractivity contribution < 1.29 is 14.3 Å². The maximum atomic E-state index is 12.2. The zero-order valence-electron chi connectivity index (χ0n) is 18.1. The van der Waals surface area contributed by atoms with Crippen LogP contribution in [-0.2, 0) is 4.79 Å². The standard InChI is InChI=1S/C25H24ClN3O3/c1-16-5-9-20(10-6-16)25(31)29-27-14-19-8-11-23(21(26)13-19)32-15-24(30)28-22-12-17(2)4-7-18(22)3/h4-14H,15H2,1-3H3,(H,28,30)(H,29,31). The highest BCUT2D eigenvalue weighted by Crippen LogP contribution is 2.25. The van der Waals surface area contributed by atoms with Crippen LogP contribution in [0.3, 0.4) is 0 Å². The van der Waals surface area contributed by atoms with Crippen molar-refractivity contribution >= 4 is 35.3 Å². The molecule has 3 aromatic carbocycles. The molecule has 0 spiro atoms. The highest BCUT2D eigenvalue weighted by atomic mass is 35.5. The summed E-state index contributed by atoms with van der Waals surface area (Å²) in [5, 5.41) is 7.13. The largest absolute Gasteiger partial charge is 0.482 e. The molecule has 0 fully saturated rings. The summed E-state index contributed by atoms with van der Waals surface area (Å²) in [5.74, 6) is -0.204. The molecule has 0 aromatic heterocycles. The fourth-order valence-electron chi connectivity index (χ4n) is 2.85. The number of nitrogens with one attached hydrogen (secondary N) is 2. The Balaban J connectivity index is 1.53. The molecule has 3 rings (SSSR count). The van der Waals surface area contributed by atoms with E-state index in [1.165, 1.54) is 6.21 Å². The van der Waals surface area contributed by atoms with E-state index in [0.29, 0.717) is 21.9 Å². The van der Waals surface area contributed by atoms with E-state index in [0.717, 1.165) is 22.4 Å². The summed E-state index contributed by atoms with van der Waals surface area (Å²) in [6.07, 6.45) is 1.48. The number of amides is 2. The Hall–Kier alpha value is -3.64. The Morgan fingerprint density at radius 1 is 0.969 bits per heavy atom. The highest BCUT2D eigenvalue weighted by molar-refractivity contribution is 6.32. The van der Waals surface area contributed by atoms with Crippen LogP contribution in [0.15, 0.2) is 65.8 Å². The zero-order chi connectivity index (χ0) is 23.1. The van der Waals surface area contributed by atoms with Crippen LogP contribution in [0.1, 0.15) is 32.6 Å². The van der Waals surface area contributed by atoms with E-state index in [2.05, 4.69) is 15.8 Å². The van der Waals surface area contributed by atoms with Gasteiger partial charge in [0.15, 0.2) is 6.61 Å². The first-order valence-electron chi connectivity index (χ1n) is 10.0.